The largest absolute Gasteiger partial charge is 0.508 e. The number of phenolic OH excluding ortho intramolecular Hbond substituents is 1. The minimum atomic E-state index is -0.00530. The molecule has 92 valence electrons. The zero-order valence-corrected chi connectivity index (χ0v) is 9.97. The summed E-state index contributed by atoms with van der Waals surface area (Å²) in [5.74, 6) is 0.226. The van der Waals surface area contributed by atoms with Gasteiger partial charge in [0, 0.05) is 6.54 Å². The first-order valence-corrected chi connectivity index (χ1v) is 5.82. The quantitative estimate of drug-likeness (QED) is 0.862. The molecule has 0 aliphatic carbocycles. The summed E-state index contributed by atoms with van der Waals surface area (Å²) in [4.78, 5) is 11.7. The summed E-state index contributed by atoms with van der Waals surface area (Å²) >= 11 is 0. The molecule has 0 aliphatic heterocycles. The van der Waals surface area contributed by atoms with E-state index in [0.29, 0.717) is 13.0 Å². The molecule has 0 aliphatic rings. The van der Waals surface area contributed by atoms with Crippen LogP contribution in [0, 0.1) is 0 Å². The summed E-state index contributed by atoms with van der Waals surface area (Å²) in [7, 11) is 0. The lowest BCUT2D eigenvalue weighted by Crippen LogP contribution is -2.24. The Morgan fingerprint density at radius 2 is 1.61 bits per heavy atom. The predicted molar refractivity (Wildman–Crippen MR) is 70.1 cm³/mol. The first-order valence-electron chi connectivity index (χ1n) is 5.82. The molecule has 18 heavy (non-hydrogen) atoms. The Morgan fingerprint density at radius 3 is 2.28 bits per heavy atom. The maximum atomic E-state index is 11.7. The van der Waals surface area contributed by atoms with Gasteiger partial charge in [-0.15, -0.1) is 0 Å². The minimum absolute atomic E-state index is 0.00530. The van der Waals surface area contributed by atoms with Gasteiger partial charge in [0.1, 0.15) is 5.75 Å². The van der Waals surface area contributed by atoms with E-state index in [4.69, 9.17) is 5.11 Å². The van der Waals surface area contributed by atoms with Gasteiger partial charge in [-0.2, -0.15) is 0 Å². The topological polar surface area (TPSA) is 49.3 Å². The first kappa shape index (κ1) is 12.2. The molecule has 0 saturated carbocycles. The van der Waals surface area contributed by atoms with E-state index in [1.807, 2.05) is 30.3 Å². The molecule has 0 saturated heterocycles. The molecular formula is C15H15NO2. The number of nitrogens with one attached hydrogen (secondary N) is 1. The number of rotatable bonds is 4. The molecule has 0 atom stereocenters. The summed E-state index contributed by atoms with van der Waals surface area (Å²) < 4.78 is 0. The van der Waals surface area contributed by atoms with Crippen molar-refractivity contribution >= 4 is 5.91 Å². The van der Waals surface area contributed by atoms with Crippen molar-refractivity contribution in [3.05, 3.63) is 65.7 Å². The van der Waals surface area contributed by atoms with Crippen LogP contribution in [0.2, 0.25) is 0 Å². The molecule has 0 radical (unpaired) electrons. The van der Waals surface area contributed by atoms with Crippen LogP contribution >= 0.6 is 0 Å². The van der Waals surface area contributed by atoms with Crippen LogP contribution in [0.5, 0.6) is 5.75 Å². The average molecular weight is 241 g/mol. The highest BCUT2D eigenvalue weighted by molar-refractivity contribution is 5.78. The third-order valence-electron chi connectivity index (χ3n) is 2.63. The van der Waals surface area contributed by atoms with Gasteiger partial charge in [0.05, 0.1) is 6.42 Å². The lowest BCUT2D eigenvalue weighted by Gasteiger charge is -2.05. The Hall–Kier alpha value is -2.29. The molecule has 0 spiro atoms. The van der Waals surface area contributed by atoms with E-state index in [2.05, 4.69) is 5.32 Å². The number of carbonyl (C=O) groups is 1. The molecule has 0 fully saturated rings. The van der Waals surface area contributed by atoms with Crippen molar-refractivity contribution in [2.75, 3.05) is 0 Å². The SMILES string of the molecule is O=C(Cc1ccccc1)NCc1ccc(O)cc1. The van der Waals surface area contributed by atoms with Gasteiger partial charge in [0.25, 0.3) is 0 Å². The average Bonchev–Trinajstić information content (AvgIpc) is 2.39. The number of hydrogen-bond donors (Lipinski definition) is 2. The molecule has 1 amide bonds. The molecule has 2 N–H and O–H groups in total. The van der Waals surface area contributed by atoms with Crippen molar-refractivity contribution in [1.82, 2.24) is 5.32 Å². The van der Waals surface area contributed by atoms with Crippen LogP contribution in [-0.2, 0) is 17.8 Å². The molecular weight excluding hydrogens is 226 g/mol. The van der Waals surface area contributed by atoms with Gasteiger partial charge < -0.3 is 10.4 Å². The Bertz CT molecular complexity index is 506. The van der Waals surface area contributed by atoms with E-state index in [1.165, 1.54) is 0 Å². The van der Waals surface area contributed by atoms with E-state index in [0.717, 1.165) is 11.1 Å². The van der Waals surface area contributed by atoms with Crippen molar-refractivity contribution in [3.8, 4) is 5.75 Å². The molecule has 2 aromatic carbocycles. The maximum absolute atomic E-state index is 11.7. The fourth-order valence-electron chi connectivity index (χ4n) is 1.66. The fraction of sp³-hybridized carbons (Fsp3) is 0.133. The highest BCUT2D eigenvalue weighted by Crippen LogP contribution is 2.09. The standard InChI is InChI=1S/C15H15NO2/c17-14-8-6-13(7-9-14)11-16-15(18)10-12-4-2-1-3-5-12/h1-9,17H,10-11H2,(H,16,18). The Labute approximate surface area is 106 Å². The summed E-state index contributed by atoms with van der Waals surface area (Å²) in [5, 5.41) is 12.0. The summed E-state index contributed by atoms with van der Waals surface area (Å²) in [5.41, 5.74) is 1.97. The first-order chi connectivity index (χ1) is 8.74. The molecule has 3 heteroatoms. The van der Waals surface area contributed by atoms with Crippen molar-refractivity contribution in [2.45, 2.75) is 13.0 Å². The number of hydrogen-bond acceptors (Lipinski definition) is 2. The van der Waals surface area contributed by atoms with Gasteiger partial charge in [-0.3, -0.25) is 4.79 Å². The van der Waals surface area contributed by atoms with Crippen molar-refractivity contribution in [1.29, 1.82) is 0 Å². The van der Waals surface area contributed by atoms with E-state index < -0.39 is 0 Å². The van der Waals surface area contributed by atoms with E-state index in [-0.39, 0.29) is 11.7 Å². The van der Waals surface area contributed by atoms with Crippen LogP contribution in [0.4, 0.5) is 0 Å². The number of aromatic hydroxyl groups is 1. The molecule has 0 bridgehead atoms. The normalized spacial score (nSPS) is 10.0. The Balaban J connectivity index is 1.83. The molecule has 3 nitrogen and oxygen atoms in total. The summed E-state index contributed by atoms with van der Waals surface area (Å²) in [6, 6.07) is 16.4. The highest BCUT2D eigenvalue weighted by Gasteiger charge is 2.02. The van der Waals surface area contributed by atoms with E-state index >= 15 is 0 Å². The second-order valence-electron chi connectivity index (χ2n) is 4.11. The van der Waals surface area contributed by atoms with Crippen LogP contribution in [0.3, 0.4) is 0 Å². The van der Waals surface area contributed by atoms with Gasteiger partial charge in [0.15, 0.2) is 0 Å². The van der Waals surface area contributed by atoms with E-state index in [9.17, 15) is 4.79 Å². The third-order valence-corrected chi connectivity index (χ3v) is 2.63. The van der Waals surface area contributed by atoms with Crippen molar-refractivity contribution < 1.29 is 9.90 Å². The zero-order chi connectivity index (χ0) is 12.8. The van der Waals surface area contributed by atoms with Crippen molar-refractivity contribution in [3.63, 3.8) is 0 Å². The number of amides is 1. The van der Waals surface area contributed by atoms with Gasteiger partial charge in [-0.25, -0.2) is 0 Å². The number of phenols is 1. The lowest BCUT2D eigenvalue weighted by atomic mass is 10.1. The van der Waals surface area contributed by atoms with Crippen LogP contribution < -0.4 is 5.32 Å². The number of carbonyl (C=O) groups excluding carboxylic acids is 1. The highest BCUT2D eigenvalue weighted by atomic mass is 16.3. The maximum Gasteiger partial charge on any atom is 0.224 e. The van der Waals surface area contributed by atoms with Crippen molar-refractivity contribution in [2.24, 2.45) is 0 Å². The lowest BCUT2D eigenvalue weighted by molar-refractivity contribution is -0.120. The molecule has 0 unspecified atom stereocenters. The zero-order valence-electron chi connectivity index (χ0n) is 9.97. The minimum Gasteiger partial charge on any atom is -0.508 e. The molecule has 0 heterocycles. The van der Waals surface area contributed by atoms with Crippen LogP contribution in [-0.4, -0.2) is 11.0 Å². The second-order valence-corrected chi connectivity index (χ2v) is 4.11. The Morgan fingerprint density at radius 1 is 0.944 bits per heavy atom. The monoisotopic (exact) mass is 241 g/mol. The van der Waals surface area contributed by atoms with Gasteiger partial charge in [0.2, 0.25) is 5.91 Å². The number of benzene rings is 2. The smallest absolute Gasteiger partial charge is 0.224 e. The van der Waals surface area contributed by atoms with E-state index in [1.54, 1.807) is 24.3 Å². The molecule has 2 rings (SSSR count). The van der Waals surface area contributed by atoms with Gasteiger partial charge in [-0.1, -0.05) is 42.5 Å². The third kappa shape index (κ3) is 3.63. The van der Waals surface area contributed by atoms with Crippen LogP contribution in [0.25, 0.3) is 0 Å². The second kappa shape index (κ2) is 5.87. The predicted octanol–water partition coefficient (Wildman–Crippen LogP) is 2.25. The molecule has 2 aromatic rings. The van der Waals surface area contributed by atoms with Gasteiger partial charge in [-0.05, 0) is 23.3 Å². The van der Waals surface area contributed by atoms with Crippen LogP contribution in [0.15, 0.2) is 54.6 Å². The molecule has 0 aromatic heterocycles. The van der Waals surface area contributed by atoms with Crippen LogP contribution in [0.1, 0.15) is 11.1 Å². The van der Waals surface area contributed by atoms with Gasteiger partial charge >= 0.3 is 0 Å². The summed E-state index contributed by atoms with van der Waals surface area (Å²) in [6.45, 7) is 0.478. The summed E-state index contributed by atoms with van der Waals surface area (Å²) in [6.07, 6.45) is 0.388. The fourth-order valence-corrected chi connectivity index (χ4v) is 1.66. The Kier molecular flexibility index (Phi) is 3.97.